The zero-order valence-electron chi connectivity index (χ0n) is 19.0. The summed E-state index contributed by atoms with van der Waals surface area (Å²) in [5, 5.41) is 15.5. The van der Waals surface area contributed by atoms with E-state index in [-0.39, 0.29) is 5.69 Å². The molecule has 35 heavy (non-hydrogen) atoms. The number of nitrogens with zero attached hydrogens (tertiary/aromatic N) is 8. The van der Waals surface area contributed by atoms with E-state index in [1.807, 2.05) is 22.9 Å². The quantitative estimate of drug-likeness (QED) is 0.303. The molecule has 0 aliphatic carbocycles. The van der Waals surface area contributed by atoms with Gasteiger partial charge in [-0.15, -0.1) is 0 Å². The van der Waals surface area contributed by atoms with Crippen molar-refractivity contribution in [3.8, 4) is 5.69 Å². The first-order chi connectivity index (χ1) is 17.2. The van der Waals surface area contributed by atoms with Gasteiger partial charge in [-0.25, -0.2) is 5.43 Å². The molecule has 5 rings (SSSR count). The fourth-order valence-corrected chi connectivity index (χ4v) is 3.86. The van der Waals surface area contributed by atoms with E-state index in [9.17, 15) is 10.1 Å². The van der Waals surface area contributed by atoms with Crippen molar-refractivity contribution in [2.45, 2.75) is 0 Å². The molecular formula is C22H25N9O4. The van der Waals surface area contributed by atoms with Crippen LogP contribution in [0.1, 0.15) is 5.69 Å². The minimum atomic E-state index is -0.415. The Balaban J connectivity index is 1.37. The first-order valence-corrected chi connectivity index (χ1v) is 11.3. The molecular weight excluding hydrogens is 454 g/mol. The summed E-state index contributed by atoms with van der Waals surface area (Å²) in [6.45, 7) is 5.28. The van der Waals surface area contributed by atoms with E-state index in [1.54, 1.807) is 18.3 Å². The first-order valence-electron chi connectivity index (χ1n) is 11.3. The Kier molecular flexibility index (Phi) is 6.77. The SMILES string of the molecule is O=[N+]([O-])c1cccc(-n2cccc2C=NNc2nc(N3CCOCC3)nc(N3CCOCC3)n2)c1. The monoisotopic (exact) mass is 479 g/mol. The van der Waals surface area contributed by atoms with Gasteiger partial charge < -0.3 is 23.8 Å². The summed E-state index contributed by atoms with van der Waals surface area (Å²) in [4.78, 5) is 28.7. The Morgan fingerprint density at radius 3 is 2.23 bits per heavy atom. The van der Waals surface area contributed by atoms with Crippen molar-refractivity contribution in [2.24, 2.45) is 5.10 Å². The van der Waals surface area contributed by atoms with E-state index in [1.165, 1.54) is 12.1 Å². The van der Waals surface area contributed by atoms with Crippen molar-refractivity contribution >= 4 is 29.7 Å². The van der Waals surface area contributed by atoms with E-state index in [0.29, 0.717) is 76.1 Å². The Morgan fingerprint density at radius 1 is 0.943 bits per heavy atom. The van der Waals surface area contributed by atoms with Gasteiger partial charge in [0, 0.05) is 44.5 Å². The van der Waals surface area contributed by atoms with Gasteiger partial charge in [-0.3, -0.25) is 10.1 Å². The van der Waals surface area contributed by atoms with Crippen LogP contribution < -0.4 is 15.2 Å². The minimum absolute atomic E-state index is 0.0219. The number of nitro benzene ring substituents is 1. The van der Waals surface area contributed by atoms with Crippen LogP contribution in [0.2, 0.25) is 0 Å². The molecule has 13 heteroatoms. The van der Waals surface area contributed by atoms with Crippen LogP contribution in [0.25, 0.3) is 5.69 Å². The van der Waals surface area contributed by atoms with Crippen molar-refractivity contribution < 1.29 is 14.4 Å². The molecule has 1 N–H and O–H groups in total. The van der Waals surface area contributed by atoms with Crippen LogP contribution in [-0.2, 0) is 9.47 Å². The van der Waals surface area contributed by atoms with Crippen LogP contribution in [-0.4, -0.2) is 83.3 Å². The number of hydrazone groups is 1. The maximum atomic E-state index is 11.1. The predicted molar refractivity (Wildman–Crippen MR) is 130 cm³/mol. The summed E-state index contributed by atoms with van der Waals surface area (Å²) in [5.41, 5.74) is 4.33. The lowest BCUT2D eigenvalue weighted by molar-refractivity contribution is -0.384. The predicted octanol–water partition coefficient (Wildman–Crippen LogP) is 1.69. The van der Waals surface area contributed by atoms with Gasteiger partial charge >= 0.3 is 0 Å². The van der Waals surface area contributed by atoms with Gasteiger partial charge in [0.25, 0.3) is 5.69 Å². The number of morpholine rings is 2. The summed E-state index contributed by atoms with van der Waals surface area (Å²) < 4.78 is 12.7. The maximum Gasteiger partial charge on any atom is 0.271 e. The summed E-state index contributed by atoms with van der Waals surface area (Å²) in [7, 11) is 0. The van der Waals surface area contributed by atoms with E-state index in [0.717, 1.165) is 5.69 Å². The lowest BCUT2D eigenvalue weighted by atomic mass is 10.2. The molecule has 182 valence electrons. The van der Waals surface area contributed by atoms with Crippen molar-refractivity contribution in [2.75, 3.05) is 67.8 Å². The Labute approximate surface area is 201 Å². The molecule has 0 saturated carbocycles. The molecule has 4 heterocycles. The summed E-state index contributed by atoms with van der Waals surface area (Å²) in [5.74, 6) is 1.47. The number of non-ortho nitro benzene ring substituents is 1. The standard InChI is InChI=1S/C22H25N9O4/c32-31(33)18-4-1-3-17(15-18)30-6-2-5-19(30)16-23-27-20-24-21(28-7-11-34-12-8-28)26-22(25-20)29-9-13-35-14-10-29/h1-6,15-16H,7-14H2,(H,24,25,26,27). The number of anilines is 3. The van der Waals surface area contributed by atoms with Gasteiger partial charge in [0.05, 0.1) is 48.9 Å². The molecule has 0 unspecified atom stereocenters. The molecule has 2 aliphatic rings. The van der Waals surface area contributed by atoms with Crippen LogP contribution in [0.15, 0.2) is 47.7 Å². The number of ether oxygens (including phenoxy) is 2. The van der Waals surface area contributed by atoms with Crippen molar-refractivity contribution in [1.82, 2.24) is 19.5 Å². The highest BCUT2D eigenvalue weighted by Gasteiger charge is 2.20. The number of nitro groups is 1. The second-order valence-corrected chi connectivity index (χ2v) is 7.91. The molecule has 3 aromatic rings. The molecule has 0 amide bonds. The zero-order valence-corrected chi connectivity index (χ0v) is 19.0. The van der Waals surface area contributed by atoms with E-state index >= 15 is 0 Å². The molecule has 2 saturated heterocycles. The number of nitrogens with one attached hydrogen (secondary N) is 1. The van der Waals surface area contributed by atoms with E-state index in [2.05, 4.69) is 35.3 Å². The molecule has 0 spiro atoms. The molecule has 2 aliphatic heterocycles. The van der Waals surface area contributed by atoms with Gasteiger partial charge in [0.1, 0.15) is 0 Å². The number of rotatable bonds is 7. The number of hydrogen-bond donors (Lipinski definition) is 1. The fourth-order valence-electron chi connectivity index (χ4n) is 3.86. The summed E-state index contributed by atoms with van der Waals surface area (Å²) >= 11 is 0. The number of benzene rings is 1. The highest BCUT2D eigenvalue weighted by atomic mass is 16.6. The minimum Gasteiger partial charge on any atom is -0.378 e. The molecule has 2 fully saturated rings. The van der Waals surface area contributed by atoms with Gasteiger partial charge in [0.15, 0.2) is 0 Å². The molecule has 0 atom stereocenters. The third kappa shape index (κ3) is 5.36. The zero-order chi connectivity index (χ0) is 24.0. The molecule has 2 aromatic heterocycles. The van der Waals surface area contributed by atoms with Crippen molar-refractivity contribution in [1.29, 1.82) is 0 Å². The lowest BCUT2D eigenvalue weighted by Crippen LogP contribution is -2.40. The Bertz CT molecular complexity index is 1170. The van der Waals surface area contributed by atoms with E-state index < -0.39 is 4.92 Å². The molecule has 0 bridgehead atoms. The second kappa shape index (κ2) is 10.4. The third-order valence-corrected chi connectivity index (χ3v) is 5.66. The second-order valence-electron chi connectivity index (χ2n) is 7.91. The van der Waals surface area contributed by atoms with Crippen LogP contribution in [0, 0.1) is 10.1 Å². The number of aromatic nitrogens is 4. The van der Waals surface area contributed by atoms with Gasteiger partial charge in [0.2, 0.25) is 17.8 Å². The number of hydrogen-bond acceptors (Lipinski definition) is 11. The average Bonchev–Trinajstić information content (AvgIpc) is 3.38. The van der Waals surface area contributed by atoms with Gasteiger partial charge in [-0.1, -0.05) is 6.07 Å². The summed E-state index contributed by atoms with van der Waals surface area (Å²) in [6, 6.07) is 10.1. The van der Waals surface area contributed by atoms with Crippen LogP contribution in [0.5, 0.6) is 0 Å². The average molecular weight is 480 g/mol. The first kappa shape index (κ1) is 22.7. The van der Waals surface area contributed by atoms with Crippen LogP contribution in [0.3, 0.4) is 0 Å². The smallest absolute Gasteiger partial charge is 0.271 e. The fraction of sp³-hybridized carbons (Fsp3) is 0.364. The maximum absolute atomic E-state index is 11.1. The van der Waals surface area contributed by atoms with Crippen LogP contribution >= 0.6 is 0 Å². The lowest BCUT2D eigenvalue weighted by Gasteiger charge is -2.30. The summed E-state index contributed by atoms with van der Waals surface area (Å²) in [6.07, 6.45) is 3.43. The van der Waals surface area contributed by atoms with Gasteiger partial charge in [-0.05, 0) is 18.2 Å². The molecule has 1 aromatic carbocycles. The highest BCUT2D eigenvalue weighted by Crippen LogP contribution is 2.20. The molecule has 0 radical (unpaired) electrons. The third-order valence-electron chi connectivity index (χ3n) is 5.66. The molecule has 13 nitrogen and oxygen atoms in total. The highest BCUT2D eigenvalue weighted by molar-refractivity contribution is 5.79. The van der Waals surface area contributed by atoms with E-state index in [4.69, 9.17) is 9.47 Å². The van der Waals surface area contributed by atoms with Crippen molar-refractivity contribution in [3.63, 3.8) is 0 Å². The normalized spacial score (nSPS) is 16.6. The largest absolute Gasteiger partial charge is 0.378 e. The van der Waals surface area contributed by atoms with Crippen molar-refractivity contribution in [3.05, 3.63) is 58.4 Å². The Morgan fingerprint density at radius 2 is 1.60 bits per heavy atom. The van der Waals surface area contributed by atoms with Crippen LogP contribution in [0.4, 0.5) is 23.5 Å². The topological polar surface area (TPSA) is 136 Å². The van der Waals surface area contributed by atoms with Gasteiger partial charge in [-0.2, -0.15) is 20.1 Å². The Hall–Kier alpha value is -4.10.